The van der Waals surface area contributed by atoms with Crippen LogP contribution in [0, 0.1) is 0 Å². The Morgan fingerprint density at radius 3 is 2.37 bits per heavy atom. The SMILES string of the molecule is CCc1nn(C)c(C(=O)N2CCN(CC)CC2)c1N. The van der Waals surface area contributed by atoms with Crippen molar-refractivity contribution >= 4 is 11.6 Å². The lowest BCUT2D eigenvalue weighted by atomic mass is 10.2. The van der Waals surface area contributed by atoms with Crippen LogP contribution in [0.15, 0.2) is 0 Å². The topological polar surface area (TPSA) is 67.4 Å². The molecule has 1 amide bonds. The van der Waals surface area contributed by atoms with Gasteiger partial charge in [0.25, 0.3) is 5.91 Å². The summed E-state index contributed by atoms with van der Waals surface area (Å²) in [7, 11) is 1.78. The van der Waals surface area contributed by atoms with Gasteiger partial charge in [0.15, 0.2) is 0 Å². The maximum atomic E-state index is 12.5. The molecule has 19 heavy (non-hydrogen) atoms. The highest BCUT2D eigenvalue weighted by molar-refractivity contribution is 5.98. The zero-order valence-corrected chi connectivity index (χ0v) is 12.0. The lowest BCUT2D eigenvalue weighted by Crippen LogP contribution is -2.48. The molecule has 1 aliphatic heterocycles. The number of piperazine rings is 1. The van der Waals surface area contributed by atoms with Gasteiger partial charge >= 0.3 is 0 Å². The summed E-state index contributed by atoms with van der Waals surface area (Å²) in [5, 5.41) is 4.31. The number of amides is 1. The Bertz CT molecular complexity index is 460. The van der Waals surface area contributed by atoms with Gasteiger partial charge < -0.3 is 15.5 Å². The summed E-state index contributed by atoms with van der Waals surface area (Å²) in [6.07, 6.45) is 0.747. The first-order valence-corrected chi connectivity index (χ1v) is 6.91. The van der Waals surface area contributed by atoms with Gasteiger partial charge in [-0.3, -0.25) is 9.48 Å². The van der Waals surface area contributed by atoms with Gasteiger partial charge in [0, 0.05) is 33.2 Å². The first kappa shape index (κ1) is 13.9. The highest BCUT2D eigenvalue weighted by Gasteiger charge is 2.26. The maximum absolute atomic E-state index is 12.5. The number of anilines is 1. The van der Waals surface area contributed by atoms with Crippen molar-refractivity contribution in [3.8, 4) is 0 Å². The first-order chi connectivity index (χ1) is 9.08. The van der Waals surface area contributed by atoms with Crippen LogP contribution in [0.2, 0.25) is 0 Å². The van der Waals surface area contributed by atoms with Crippen LogP contribution in [-0.4, -0.2) is 58.2 Å². The normalized spacial score (nSPS) is 16.9. The molecule has 0 radical (unpaired) electrons. The first-order valence-electron chi connectivity index (χ1n) is 6.91. The lowest BCUT2D eigenvalue weighted by Gasteiger charge is -2.34. The summed E-state index contributed by atoms with van der Waals surface area (Å²) in [5.41, 5.74) is 7.90. The number of aryl methyl sites for hydroxylation is 2. The van der Waals surface area contributed by atoms with Crippen molar-refractivity contribution in [3.63, 3.8) is 0 Å². The van der Waals surface area contributed by atoms with Crippen LogP contribution in [0.5, 0.6) is 0 Å². The van der Waals surface area contributed by atoms with Crippen molar-refractivity contribution in [2.75, 3.05) is 38.5 Å². The molecule has 2 heterocycles. The van der Waals surface area contributed by atoms with E-state index in [2.05, 4.69) is 16.9 Å². The Morgan fingerprint density at radius 1 is 1.26 bits per heavy atom. The molecule has 0 saturated carbocycles. The fraction of sp³-hybridized carbons (Fsp3) is 0.692. The predicted molar refractivity (Wildman–Crippen MR) is 75.0 cm³/mol. The second-order valence-electron chi connectivity index (χ2n) is 4.91. The molecule has 0 aromatic carbocycles. The molecule has 0 aliphatic carbocycles. The van der Waals surface area contributed by atoms with E-state index < -0.39 is 0 Å². The van der Waals surface area contributed by atoms with Crippen molar-refractivity contribution < 1.29 is 4.79 Å². The van der Waals surface area contributed by atoms with E-state index in [-0.39, 0.29) is 5.91 Å². The number of nitrogen functional groups attached to an aromatic ring is 1. The monoisotopic (exact) mass is 265 g/mol. The highest BCUT2D eigenvalue weighted by atomic mass is 16.2. The van der Waals surface area contributed by atoms with Crippen molar-refractivity contribution in [1.29, 1.82) is 0 Å². The van der Waals surface area contributed by atoms with Crippen molar-refractivity contribution in [1.82, 2.24) is 19.6 Å². The van der Waals surface area contributed by atoms with Gasteiger partial charge in [-0.1, -0.05) is 13.8 Å². The van der Waals surface area contributed by atoms with Crippen LogP contribution in [0.3, 0.4) is 0 Å². The summed E-state index contributed by atoms with van der Waals surface area (Å²) in [5.74, 6) is 0.00273. The number of likely N-dealkylation sites (N-methyl/N-ethyl adjacent to an activating group) is 1. The Kier molecular flexibility index (Phi) is 4.09. The second-order valence-corrected chi connectivity index (χ2v) is 4.91. The summed E-state index contributed by atoms with van der Waals surface area (Å²) in [6, 6.07) is 0. The quantitative estimate of drug-likeness (QED) is 0.856. The number of nitrogens with two attached hydrogens (primary N) is 1. The van der Waals surface area contributed by atoms with E-state index in [4.69, 9.17) is 5.73 Å². The van der Waals surface area contributed by atoms with Crippen molar-refractivity contribution in [3.05, 3.63) is 11.4 Å². The van der Waals surface area contributed by atoms with E-state index in [0.29, 0.717) is 11.4 Å². The molecule has 1 aromatic rings. The molecule has 2 rings (SSSR count). The Morgan fingerprint density at radius 2 is 1.89 bits per heavy atom. The molecule has 1 aliphatic rings. The molecule has 0 spiro atoms. The molecule has 6 heteroatoms. The van der Waals surface area contributed by atoms with E-state index in [9.17, 15) is 4.79 Å². The smallest absolute Gasteiger partial charge is 0.274 e. The molecule has 1 fully saturated rings. The van der Waals surface area contributed by atoms with Gasteiger partial charge in [-0.05, 0) is 13.0 Å². The van der Waals surface area contributed by atoms with Gasteiger partial charge in [0.05, 0.1) is 11.4 Å². The summed E-state index contributed by atoms with van der Waals surface area (Å²) >= 11 is 0. The van der Waals surface area contributed by atoms with E-state index in [1.807, 2.05) is 11.8 Å². The van der Waals surface area contributed by atoms with Crippen molar-refractivity contribution in [2.24, 2.45) is 7.05 Å². The number of nitrogens with zero attached hydrogens (tertiary/aromatic N) is 4. The van der Waals surface area contributed by atoms with Gasteiger partial charge in [-0.25, -0.2) is 0 Å². The molecule has 2 N–H and O–H groups in total. The molecule has 106 valence electrons. The molecule has 0 atom stereocenters. The van der Waals surface area contributed by atoms with Gasteiger partial charge in [-0.2, -0.15) is 5.10 Å². The standard InChI is InChI=1S/C13H23N5O/c1-4-10-11(14)12(16(3)15-10)13(19)18-8-6-17(5-2)7-9-18/h4-9,14H2,1-3H3. The van der Waals surface area contributed by atoms with Crippen LogP contribution < -0.4 is 5.73 Å². The Balaban J connectivity index is 2.14. The van der Waals surface area contributed by atoms with E-state index in [1.54, 1.807) is 11.7 Å². The third-order valence-electron chi connectivity index (χ3n) is 3.80. The van der Waals surface area contributed by atoms with E-state index in [1.165, 1.54) is 0 Å². The minimum Gasteiger partial charge on any atom is -0.395 e. The summed E-state index contributed by atoms with van der Waals surface area (Å²) in [4.78, 5) is 16.7. The molecule has 6 nitrogen and oxygen atoms in total. The second kappa shape index (κ2) is 5.61. The number of rotatable bonds is 3. The lowest BCUT2D eigenvalue weighted by molar-refractivity contribution is 0.0633. The van der Waals surface area contributed by atoms with Crippen LogP contribution in [0.4, 0.5) is 5.69 Å². The van der Waals surface area contributed by atoms with Gasteiger partial charge in [0.1, 0.15) is 5.69 Å². The molecule has 0 unspecified atom stereocenters. The fourth-order valence-corrected chi connectivity index (χ4v) is 2.53. The Labute approximate surface area is 114 Å². The van der Waals surface area contributed by atoms with Gasteiger partial charge in [0.2, 0.25) is 0 Å². The average molecular weight is 265 g/mol. The highest BCUT2D eigenvalue weighted by Crippen LogP contribution is 2.19. The van der Waals surface area contributed by atoms with Crippen molar-refractivity contribution in [2.45, 2.75) is 20.3 Å². The predicted octanol–water partition coefficient (Wildman–Crippen LogP) is 0.342. The Hall–Kier alpha value is -1.56. The minimum absolute atomic E-state index is 0.00273. The third-order valence-corrected chi connectivity index (χ3v) is 3.80. The number of hydrogen-bond donors (Lipinski definition) is 1. The summed E-state index contributed by atoms with van der Waals surface area (Å²) in [6.45, 7) is 8.56. The van der Waals surface area contributed by atoms with E-state index in [0.717, 1.165) is 44.8 Å². The summed E-state index contributed by atoms with van der Waals surface area (Å²) < 4.78 is 1.61. The third kappa shape index (κ3) is 2.58. The average Bonchev–Trinajstić information content (AvgIpc) is 2.72. The molecule has 1 aromatic heterocycles. The number of aromatic nitrogens is 2. The fourth-order valence-electron chi connectivity index (χ4n) is 2.53. The van der Waals surface area contributed by atoms with Crippen LogP contribution in [0.25, 0.3) is 0 Å². The molecular weight excluding hydrogens is 242 g/mol. The number of carbonyl (C=O) groups excluding carboxylic acids is 1. The molecule has 1 saturated heterocycles. The zero-order valence-electron chi connectivity index (χ0n) is 12.0. The molecule has 0 bridgehead atoms. The number of hydrogen-bond acceptors (Lipinski definition) is 4. The van der Waals surface area contributed by atoms with Crippen LogP contribution in [0.1, 0.15) is 30.0 Å². The van der Waals surface area contributed by atoms with E-state index >= 15 is 0 Å². The van der Waals surface area contributed by atoms with Crippen LogP contribution >= 0.6 is 0 Å². The molecular formula is C13H23N5O. The van der Waals surface area contributed by atoms with Crippen LogP contribution in [-0.2, 0) is 13.5 Å². The van der Waals surface area contributed by atoms with Gasteiger partial charge in [-0.15, -0.1) is 0 Å². The maximum Gasteiger partial charge on any atom is 0.274 e. The minimum atomic E-state index is 0.00273. The number of carbonyl (C=O) groups is 1. The largest absolute Gasteiger partial charge is 0.395 e. The zero-order chi connectivity index (χ0) is 14.0.